The first-order valence-electron chi connectivity index (χ1n) is 9.97. The predicted octanol–water partition coefficient (Wildman–Crippen LogP) is 6.13. The highest BCUT2D eigenvalue weighted by Crippen LogP contribution is 2.40. The van der Waals surface area contributed by atoms with Crippen LogP contribution in [0.25, 0.3) is 33.4 Å². The number of hydrogen-bond donors (Lipinski definition) is 0. The summed E-state index contributed by atoms with van der Waals surface area (Å²) in [5.41, 5.74) is 9.44. The van der Waals surface area contributed by atoms with Gasteiger partial charge in [-0.25, -0.2) is 0 Å². The number of fused-ring (bicyclic) bond motifs is 7. The molecule has 0 unspecified atom stereocenters. The molecule has 1 heteroatoms. The van der Waals surface area contributed by atoms with Gasteiger partial charge in [0.25, 0.3) is 0 Å². The molecule has 4 aromatic carbocycles. The molecule has 0 spiro atoms. The molecular weight excluding hydrogens is 352 g/mol. The molecule has 0 nitrogen and oxygen atoms in total. The van der Waals surface area contributed by atoms with Crippen molar-refractivity contribution in [2.75, 3.05) is 0 Å². The fourth-order valence-corrected chi connectivity index (χ4v) is 7.84. The number of hydrogen-bond acceptors (Lipinski definition) is 0. The van der Waals surface area contributed by atoms with E-state index in [0.717, 1.165) is 0 Å². The molecule has 136 valence electrons. The van der Waals surface area contributed by atoms with E-state index in [9.17, 15) is 0 Å². The number of benzene rings is 4. The first-order chi connectivity index (χ1) is 13.6. The Morgan fingerprint density at radius 3 is 1.46 bits per heavy atom. The minimum absolute atomic E-state index is 1.30. The molecule has 0 radical (unpaired) electrons. The Morgan fingerprint density at radius 2 is 0.893 bits per heavy atom. The minimum Gasteiger partial charge on any atom is -0.0623 e. The first-order valence-corrected chi connectivity index (χ1v) is 13.0. The van der Waals surface area contributed by atoms with Crippen LogP contribution in [0.4, 0.5) is 0 Å². The van der Waals surface area contributed by atoms with E-state index < -0.39 is 8.07 Å². The van der Waals surface area contributed by atoms with E-state index in [1.54, 1.807) is 0 Å². The fourth-order valence-electron chi connectivity index (χ4n) is 4.74. The van der Waals surface area contributed by atoms with Crippen molar-refractivity contribution in [1.29, 1.82) is 0 Å². The van der Waals surface area contributed by atoms with Crippen molar-refractivity contribution in [1.82, 2.24) is 0 Å². The predicted molar refractivity (Wildman–Crippen MR) is 124 cm³/mol. The van der Waals surface area contributed by atoms with Crippen molar-refractivity contribution < 1.29 is 0 Å². The van der Waals surface area contributed by atoms with Gasteiger partial charge >= 0.3 is 0 Å². The maximum atomic E-state index is 2.49. The smallest absolute Gasteiger partial charge is 0.0623 e. The quantitative estimate of drug-likeness (QED) is 0.324. The summed E-state index contributed by atoms with van der Waals surface area (Å²) < 4.78 is 0. The van der Waals surface area contributed by atoms with Crippen LogP contribution in [0.15, 0.2) is 91.0 Å². The van der Waals surface area contributed by atoms with E-state index in [0.29, 0.717) is 0 Å². The highest BCUT2D eigenvalue weighted by atomic mass is 28.3. The molecule has 1 heterocycles. The standard InChI is InChI=1S/C27H24Si/c1-19-16-17-22-24-13-7-9-15-27(24)28(2,3)26-14-8-6-12-23(26)20-10-4-5-11-21(20)25(22)18-19/h4-18H,1-3H3. The van der Waals surface area contributed by atoms with Crippen LogP contribution in [-0.4, -0.2) is 8.07 Å². The molecule has 4 aromatic rings. The lowest BCUT2D eigenvalue weighted by Crippen LogP contribution is -2.54. The second-order valence-electron chi connectivity index (χ2n) is 8.31. The van der Waals surface area contributed by atoms with Gasteiger partial charge < -0.3 is 0 Å². The molecule has 0 fully saturated rings. The van der Waals surface area contributed by atoms with Crippen LogP contribution in [-0.2, 0) is 0 Å². The molecule has 28 heavy (non-hydrogen) atoms. The second kappa shape index (κ2) is 6.32. The summed E-state index contributed by atoms with van der Waals surface area (Å²) in [6, 6.07) is 34.0. The summed E-state index contributed by atoms with van der Waals surface area (Å²) in [6.07, 6.45) is 0. The Kier molecular flexibility index (Phi) is 3.89. The van der Waals surface area contributed by atoms with Crippen LogP contribution in [0, 0.1) is 6.92 Å². The first kappa shape index (κ1) is 17.2. The van der Waals surface area contributed by atoms with Gasteiger partial charge in [-0.1, -0.05) is 110 Å². The zero-order valence-electron chi connectivity index (χ0n) is 16.7. The SMILES string of the molecule is Cc1ccc2c(c1)-c1ccccc1-c1ccccc1[Si](C)(C)c1ccccc1-2. The van der Waals surface area contributed by atoms with Crippen molar-refractivity contribution in [3.63, 3.8) is 0 Å². The van der Waals surface area contributed by atoms with E-state index >= 15 is 0 Å². The van der Waals surface area contributed by atoms with Gasteiger partial charge in [0, 0.05) is 0 Å². The second-order valence-corrected chi connectivity index (χ2v) is 12.6. The lowest BCUT2D eigenvalue weighted by Gasteiger charge is -2.28. The number of rotatable bonds is 0. The minimum atomic E-state index is -1.90. The van der Waals surface area contributed by atoms with Gasteiger partial charge in [0.2, 0.25) is 0 Å². The molecule has 1 aliphatic rings. The van der Waals surface area contributed by atoms with Crippen LogP contribution < -0.4 is 10.4 Å². The summed E-state index contributed by atoms with van der Waals surface area (Å²) in [5.74, 6) is 0. The van der Waals surface area contributed by atoms with Gasteiger partial charge in [-0.05, 0) is 50.7 Å². The topological polar surface area (TPSA) is 0 Å². The summed E-state index contributed by atoms with van der Waals surface area (Å²) in [7, 11) is -1.90. The van der Waals surface area contributed by atoms with E-state index in [4.69, 9.17) is 0 Å². The van der Waals surface area contributed by atoms with Gasteiger partial charge in [-0.15, -0.1) is 0 Å². The monoisotopic (exact) mass is 376 g/mol. The third-order valence-corrected chi connectivity index (χ3v) is 9.74. The van der Waals surface area contributed by atoms with Crippen molar-refractivity contribution >= 4 is 18.4 Å². The lowest BCUT2D eigenvalue weighted by atomic mass is 9.88. The van der Waals surface area contributed by atoms with E-state index in [2.05, 4.69) is 111 Å². The Labute approximate surface area is 168 Å². The van der Waals surface area contributed by atoms with Gasteiger partial charge in [0.15, 0.2) is 0 Å². The summed E-state index contributed by atoms with van der Waals surface area (Å²) in [5, 5.41) is 3.03. The van der Waals surface area contributed by atoms with Crippen molar-refractivity contribution in [3.8, 4) is 33.4 Å². The molecule has 0 N–H and O–H groups in total. The molecule has 0 amide bonds. The normalized spacial score (nSPS) is 13.8. The van der Waals surface area contributed by atoms with Crippen LogP contribution in [0.3, 0.4) is 0 Å². The number of aryl methyl sites for hydroxylation is 1. The molecule has 0 bridgehead atoms. The maximum absolute atomic E-state index is 2.49. The summed E-state index contributed by atoms with van der Waals surface area (Å²) in [6.45, 7) is 7.17. The Bertz CT molecular complexity index is 1200. The molecule has 5 rings (SSSR count). The third kappa shape index (κ3) is 2.51. The lowest BCUT2D eigenvalue weighted by molar-refractivity contribution is 1.46. The van der Waals surface area contributed by atoms with Gasteiger partial charge in [-0.3, -0.25) is 0 Å². The van der Waals surface area contributed by atoms with Gasteiger partial charge in [0.05, 0.1) is 0 Å². The zero-order valence-corrected chi connectivity index (χ0v) is 17.7. The molecule has 0 atom stereocenters. The average molecular weight is 377 g/mol. The Morgan fingerprint density at radius 1 is 0.464 bits per heavy atom. The van der Waals surface area contributed by atoms with Crippen molar-refractivity contribution in [2.24, 2.45) is 0 Å². The molecular formula is C27H24Si. The largest absolute Gasteiger partial charge is 0.113 e. The molecule has 0 aliphatic carbocycles. The van der Waals surface area contributed by atoms with E-state index in [-0.39, 0.29) is 0 Å². The molecule has 1 aliphatic heterocycles. The fraction of sp³-hybridized carbons (Fsp3) is 0.111. The van der Waals surface area contributed by atoms with Crippen LogP contribution >= 0.6 is 0 Å². The highest BCUT2D eigenvalue weighted by molar-refractivity contribution is 7.02. The van der Waals surface area contributed by atoms with Crippen LogP contribution in [0.2, 0.25) is 13.1 Å². The molecule has 0 aromatic heterocycles. The van der Waals surface area contributed by atoms with Crippen molar-refractivity contribution in [2.45, 2.75) is 20.0 Å². The highest BCUT2D eigenvalue weighted by Gasteiger charge is 2.33. The van der Waals surface area contributed by atoms with Gasteiger partial charge in [-0.2, -0.15) is 0 Å². The summed E-state index contributed by atoms with van der Waals surface area (Å²) >= 11 is 0. The van der Waals surface area contributed by atoms with Crippen LogP contribution in [0.5, 0.6) is 0 Å². The molecule has 0 saturated heterocycles. The van der Waals surface area contributed by atoms with Crippen LogP contribution in [0.1, 0.15) is 5.56 Å². The zero-order chi connectivity index (χ0) is 19.3. The van der Waals surface area contributed by atoms with Gasteiger partial charge in [0.1, 0.15) is 8.07 Å². The van der Waals surface area contributed by atoms with Crippen molar-refractivity contribution in [3.05, 3.63) is 96.6 Å². The van der Waals surface area contributed by atoms with E-state index in [1.807, 2.05) is 0 Å². The average Bonchev–Trinajstić information content (AvgIpc) is 2.75. The Balaban J connectivity index is 2.02. The van der Waals surface area contributed by atoms with E-state index in [1.165, 1.54) is 49.3 Å². The Hall–Kier alpha value is -2.90. The maximum Gasteiger partial charge on any atom is 0.113 e. The summed E-state index contributed by atoms with van der Waals surface area (Å²) in [4.78, 5) is 0. The molecule has 0 saturated carbocycles. The third-order valence-electron chi connectivity index (χ3n) is 6.17.